The third kappa shape index (κ3) is 2.78. The Labute approximate surface area is 125 Å². The molecule has 1 atom stereocenters. The van der Waals surface area contributed by atoms with E-state index in [2.05, 4.69) is 0 Å². The predicted molar refractivity (Wildman–Crippen MR) is 79.4 cm³/mol. The summed E-state index contributed by atoms with van der Waals surface area (Å²) in [7, 11) is 3.14. The Morgan fingerprint density at radius 3 is 2.29 bits per heavy atom. The fraction of sp³-hybridized carbons (Fsp3) is 0.500. The standard InChI is InChI=1S/C16H22N2O3/c1-18(16(15(17)20)10-6-7-11-16)14(19)13(21-2)12-8-4-3-5-9-12/h3-5,8-9,13H,6-7,10-11H2,1-2H3,(H2,17,20)/t13-/m1/s1. The summed E-state index contributed by atoms with van der Waals surface area (Å²) in [5.41, 5.74) is 5.48. The molecule has 1 aromatic carbocycles. The summed E-state index contributed by atoms with van der Waals surface area (Å²) in [6, 6.07) is 9.27. The first-order valence-electron chi connectivity index (χ1n) is 7.18. The van der Waals surface area contributed by atoms with Crippen LogP contribution in [-0.2, 0) is 14.3 Å². The molecule has 114 valence electrons. The fourth-order valence-corrected chi connectivity index (χ4v) is 3.10. The van der Waals surface area contributed by atoms with Crippen molar-refractivity contribution < 1.29 is 14.3 Å². The Hall–Kier alpha value is -1.88. The molecule has 0 aromatic heterocycles. The molecule has 1 fully saturated rings. The van der Waals surface area contributed by atoms with Crippen molar-refractivity contribution in [3.63, 3.8) is 0 Å². The van der Waals surface area contributed by atoms with Crippen molar-refractivity contribution in [2.45, 2.75) is 37.3 Å². The van der Waals surface area contributed by atoms with Crippen LogP contribution in [0.3, 0.4) is 0 Å². The van der Waals surface area contributed by atoms with Crippen LogP contribution in [0.5, 0.6) is 0 Å². The van der Waals surface area contributed by atoms with Crippen LogP contribution < -0.4 is 5.73 Å². The van der Waals surface area contributed by atoms with Gasteiger partial charge in [0, 0.05) is 14.2 Å². The van der Waals surface area contributed by atoms with E-state index < -0.39 is 17.6 Å². The third-order valence-electron chi connectivity index (χ3n) is 4.42. The minimum Gasteiger partial charge on any atom is -0.368 e. The summed E-state index contributed by atoms with van der Waals surface area (Å²) in [5, 5.41) is 0. The minimum atomic E-state index is -0.872. The molecule has 5 heteroatoms. The van der Waals surface area contributed by atoms with Gasteiger partial charge in [0.1, 0.15) is 5.54 Å². The number of amides is 2. The average molecular weight is 290 g/mol. The van der Waals surface area contributed by atoms with E-state index in [1.54, 1.807) is 7.05 Å². The normalized spacial score (nSPS) is 18.2. The largest absolute Gasteiger partial charge is 0.368 e. The molecule has 0 heterocycles. The van der Waals surface area contributed by atoms with Gasteiger partial charge in [-0.3, -0.25) is 9.59 Å². The van der Waals surface area contributed by atoms with Gasteiger partial charge in [-0.1, -0.05) is 43.2 Å². The number of benzene rings is 1. The zero-order valence-electron chi connectivity index (χ0n) is 12.5. The van der Waals surface area contributed by atoms with Crippen molar-refractivity contribution in [2.24, 2.45) is 5.73 Å². The third-order valence-corrected chi connectivity index (χ3v) is 4.42. The second-order valence-corrected chi connectivity index (χ2v) is 5.53. The van der Waals surface area contributed by atoms with E-state index in [0.717, 1.165) is 18.4 Å². The molecule has 0 radical (unpaired) electrons. The van der Waals surface area contributed by atoms with E-state index in [1.165, 1.54) is 12.0 Å². The van der Waals surface area contributed by atoms with Crippen molar-refractivity contribution in [1.29, 1.82) is 0 Å². The number of carbonyl (C=O) groups excluding carboxylic acids is 2. The lowest BCUT2D eigenvalue weighted by Crippen LogP contribution is -2.57. The lowest BCUT2D eigenvalue weighted by atomic mass is 9.93. The molecule has 5 nitrogen and oxygen atoms in total. The summed E-state index contributed by atoms with van der Waals surface area (Å²) < 4.78 is 5.36. The molecule has 21 heavy (non-hydrogen) atoms. The van der Waals surface area contributed by atoms with Crippen molar-refractivity contribution >= 4 is 11.8 Å². The molecule has 0 bridgehead atoms. The lowest BCUT2D eigenvalue weighted by Gasteiger charge is -2.37. The van der Waals surface area contributed by atoms with Crippen LogP contribution in [0.4, 0.5) is 0 Å². The summed E-state index contributed by atoms with van der Waals surface area (Å²) in [6.07, 6.45) is 2.34. The fourth-order valence-electron chi connectivity index (χ4n) is 3.10. The number of ether oxygens (including phenoxy) is 1. The molecule has 0 unspecified atom stereocenters. The number of likely N-dealkylation sites (N-methyl/N-ethyl adjacent to an activating group) is 1. The van der Waals surface area contributed by atoms with Crippen LogP contribution in [0.1, 0.15) is 37.4 Å². The number of hydrogen-bond acceptors (Lipinski definition) is 3. The Morgan fingerprint density at radius 2 is 1.81 bits per heavy atom. The highest BCUT2D eigenvalue weighted by Gasteiger charge is 2.46. The summed E-state index contributed by atoms with van der Waals surface area (Å²) in [4.78, 5) is 26.2. The zero-order valence-corrected chi connectivity index (χ0v) is 12.5. The van der Waals surface area contributed by atoms with Crippen LogP contribution in [0.2, 0.25) is 0 Å². The minimum absolute atomic E-state index is 0.232. The number of primary amides is 1. The first-order valence-corrected chi connectivity index (χ1v) is 7.18. The smallest absolute Gasteiger partial charge is 0.256 e. The first-order chi connectivity index (χ1) is 10.0. The van der Waals surface area contributed by atoms with E-state index in [1.807, 2.05) is 30.3 Å². The van der Waals surface area contributed by atoms with Gasteiger partial charge in [0.2, 0.25) is 5.91 Å². The van der Waals surface area contributed by atoms with E-state index in [4.69, 9.17) is 10.5 Å². The SMILES string of the molecule is CO[C@@H](C(=O)N(C)C1(C(N)=O)CCCC1)c1ccccc1. The van der Waals surface area contributed by atoms with Crippen LogP contribution in [0.15, 0.2) is 30.3 Å². The summed E-state index contributed by atoms with van der Waals surface area (Å²) in [6.45, 7) is 0. The van der Waals surface area contributed by atoms with E-state index >= 15 is 0 Å². The highest BCUT2D eigenvalue weighted by atomic mass is 16.5. The summed E-state index contributed by atoms with van der Waals surface area (Å²) in [5.74, 6) is -0.664. The summed E-state index contributed by atoms with van der Waals surface area (Å²) >= 11 is 0. The van der Waals surface area contributed by atoms with Gasteiger partial charge in [-0.25, -0.2) is 0 Å². The van der Waals surface area contributed by atoms with E-state index in [0.29, 0.717) is 12.8 Å². The van der Waals surface area contributed by atoms with Crippen molar-refractivity contribution in [3.8, 4) is 0 Å². The van der Waals surface area contributed by atoms with Gasteiger partial charge in [0.05, 0.1) is 0 Å². The molecular formula is C16H22N2O3. The van der Waals surface area contributed by atoms with Gasteiger partial charge in [-0.05, 0) is 18.4 Å². The second kappa shape index (κ2) is 6.26. The van der Waals surface area contributed by atoms with Gasteiger partial charge in [-0.2, -0.15) is 0 Å². The van der Waals surface area contributed by atoms with Crippen molar-refractivity contribution in [1.82, 2.24) is 4.90 Å². The highest BCUT2D eigenvalue weighted by molar-refractivity contribution is 5.92. The molecule has 1 aliphatic rings. The molecule has 2 amide bonds. The van der Waals surface area contributed by atoms with Crippen LogP contribution in [-0.4, -0.2) is 36.4 Å². The molecule has 0 spiro atoms. The maximum Gasteiger partial charge on any atom is 0.256 e. The quantitative estimate of drug-likeness (QED) is 0.895. The molecule has 0 aliphatic heterocycles. The number of rotatable bonds is 5. The average Bonchev–Trinajstić information content (AvgIpc) is 2.99. The molecule has 2 rings (SSSR count). The lowest BCUT2D eigenvalue weighted by molar-refractivity contribution is -0.152. The maximum atomic E-state index is 12.8. The van der Waals surface area contributed by atoms with Crippen molar-refractivity contribution in [3.05, 3.63) is 35.9 Å². The number of carbonyl (C=O) groups is 2. The zero-order chi connectivity index (χ0) is 15.5. The Bertz CT molecular complexity index is 510. The molecule has 2 N–H and O–H groups in total. The number of hydrogen-bond donors (Lipinski definition) is 1. The highest BCUT2D eigenvalue weighted by Crippen LogP contribution is 2.36. The van der Waals surface area contributed by atoms with Crippen molar-refractivity contribution in [2.75, 3.05) is 14.2 Å². The number of methoxy groups -OCH3 is 1. The van der Waals surface area contributed by atoms with Gasteiger partial charge in [-0.15, -0.1) is 0 Å². The predicted octanol–water partition coefficient (Wildman–Crippen LogP) is 1.63. The van der Waals surface area contributed by atoms with Gasteiger partial charge >= 0.3 is 0 Å². The molecule has 1 aromatic rings. The topological polar surface area (TPSA) is 72.6 Å². The number of nitrogens with zero attached hydrogens (tertiary/aromatic N) is 1. The van der Waals surface area contributed by atoms with Crippen LogP contribution in [0, 0.1) is 0 Å². The Morgan fingerprint density at radius 1 is 1.24 bits per heavy atom. The number of nitrogens with two attached hydrogens (primary N) is 1. The monoisotopic (exact) mass is 290 g/mol. The van der Waals surface area contributed by atoms with Gasteiger partial charge in [0.15, 0.2) is 6.10 Å². The second-order valence-electron chi connectivity index (χ2n) is 5.53. The first kappa shape index (κ1) is 15.5. The molecule has 1 saturated carbocycles. The van der Waals surface area contributed by atoms with E-state index in [-0.39, 0.29) is 5.91 Å². The van der Waals surface area contributed by atoms with Crippen LogP contribution in [0.25, 0.3) is 0 Å². The Kier molecular flexibility index (Phi) is 4.63. The molecule has 0 saturated heterocycles. The van der Waals surface area contributed by atoms with Gasteiger partial charge in [0.25, 0.3) is 5.91 Å². The van der Waals surface area contributed by atoms with Gasteiger partial charge < -0.3 is 15.4 Å². The van der Waals surface area contributed by atoms with E-state index in [9.17, 15) is 9.59 Å². The molecular weight excluding hydrogens is 268 g/mol. The molecule has 1 aliphatic carbocycles. The Balaban J connectivity index is 2.27. The van der Waals surface area contributed by atoms with Crippen LogP contribution >= 0.6 is 0 Å². The maximum absolute atomic E-state index is 12.8.